The van der Waals surface area contributed by atoms with Gasteiger partial charge >= 0.3 is 0 Å². The van der Waals surface area contributed by atoms with Crippen LogP contribution in [0.3, 0.4) is 0 Å². The minimum Gasteiger partial charge on any atom is -0.394 e. The van der Waals surface area contributed by atoms with Crippen LogP contribution in [0.1, 0.15) is 114 Å². The van der Waals surface area contributed by atoms with Crippen LogP contribution in [0.5, 0.6) is 0 Å². The molecule has 0 bridgehead atoms. The molecule has 0 amide bonds. The van der Waals surface area contributed by atoms with Crippen LogP contribution in [0.25, 0.3) is 0 Å². The summed E-state index contributed by atoms with van der Waals surface area (Å²) in [7, 11) is 0. The normalized spacial score (nSPS) is 53.5. The lowest BCUT2D eigenvalue weighted by Crippen LogP contribution is -2.71. The second-order valence-corrected chi connectivity index (χ2v) is 23.0. The largest absolute Gasteiger partial charge is 0.394 e. The van der Waals surface area contributed by atoms with E-state index in [1.54, 1.807) is 0 Å². The topological polar surface area (TPSA) is 298 Å². The maximum absolute atomic E-state index is 12.7. The van der Waals surface area contributed by atoms with Crippen molar-refractivity contribution in [3.63, 3.8) is 0 Å². The lowest BCUT2D eigenvalue weighted by molar-refractivity contribution is -0.382. The molecule has 7 aliphatic rings. The number of fused-ring (bicyclic) bond motifs is 5. The Balaban J connectivity index is 1.27. The molecule has 4 saturated carbocycles. The first kappa shape index (κ1) is 52.8. The third-order valence-electron chi connectivity index (χ3n) is 18.7. The first-order valence-electron chi connectivity index (χ1n) is 24.3. The average Bonchev–Trinajstić information content (AvgIpc) is 3.64. The van der Waals surface area contributed by atoms with Crippen molar-refractivity contribution in [2.24, 2.45) is 45.3 Å². The lowest BCUT2D eigenvalue weighted by atomic mass is 9.34. The SMILES string of the molecule is CC(C)=CCC[C@](C)(O[C@H]1O[C@@H](CO)[C@H](O)[C@@H](O)[C@@H]1O)[C@@H]1CC[C@]2(C)[C@@H]1[C@H](O)C[C@@H]1[C@]3(C)CC[C@H](O)C(C)(C)[C@@H]3[C@H](O[C@@H]3O[C@H](CO)[C@@H](O)[C@H](O)[C@@H]3O[C@@H]3O[C@H](C)[C@H](O)[C@H](O)[C@@H]3O)C[C@@]12C. The van der Waals surface area contributed by atoms with Crippen LogP contribution in [0, 0.1) is 45.3 Å². The van der Waals surface area contributed by atoms with E-state index < -0.39 is 151 Å². The molecule has 7 fully saturated rings. The number of aliphatic hydroxyl groups excluding tert-OH is 12. The van der Waals surface area contributed by atoms with Crippen LogP contribution in [-0.2, 0) is 28.4 Å². The Labute approximate surface area is 388 Å². The maximum atomic E-state index is 12.7. The molecule has 7 rings (SSSR count). The van der Waals surface area contributed by atoms with Gasteiger partial charge in [0.05, 0.1) is 43.2 Å². The molecule has 0 aromatic carbocycles. The Morgan fingerprint density at radius 2 is 1.27 bits per heavy atom. The van der Waals surface area contributed by atoms with Crippen LogP contribution in [0.15, 0.2) is 11.6 Å². The van der Waals surface area contributed by atoms with Crippen molar-refractivity contribution in [2.75, 3.05) is 13.2 Å². The van der Waals surface area contributed by atoms with Crippen molar-refractivity contribution in [3.05, 3.63) is 11.6 Å². The summed E-state index contributed by atoms with van der Waals surface area (Å²) >= 11 is 0. The quantitative estimate of drug-likeness (QED) is 0.0904. The van der Waals surface area contributed by atoms with E-state index in [-0.39, 0.29) is 23.7 Å². The van der Waals surface area contributed by atoms with Crippen LogP contribution in [-0.4, -0.2) is 191 Å². The van der Waals surface area contributed by atoms with Crippen molar-refractivity contribution in [1.29, 1.82) is 0 Å². The molecule has 3 saturated heterocycles. The zero-order valence-electron chi connectivity index (χ0n) is 40.2. The zero-order chi connectivity index (χ0) is 48.8. The molecule has 0 aromatic rings. The van der Waals surface area contributed by atoms with Gasteiger partial charge in [0.15, 0.2) is 18.9 Å². The first-order chi connectivity index (χ1) is 30.7. The average molecular weight is 947 g/mol. The number of hydrogen-bond donors (Lipinski definition) is 12. The van der Waals surface area contributed by atoms with Gasteiger partial charge in [-0.25, -0.2) is 0 Å². The highest BCUT2D eigenvalue weighted by atomic mass is 16.8. The molecular formula is C48H82O18. The Morgan fingerprint density at radius 1 is 0.682 bits per heavy atom. The van der Waals surface area contributed by atoms with Crippen LogP contribution in [0.2, 0.25) is 0 Å². The van der Waals surface area contributed by atoms with Gasteiger partial charge in [0.25, 0.3) is 0 Å². The maximum Gasteiger partial charge on any atom is 0.187 e. The molecule has 18 nitrogen and oxygen atoms in total. The van der Waals surface area contributed by atoms with Gasteiger partial charge in [-0.2, -0.15) is 0 Å². The van der Waals surface area contributed by atoms with Gasteiger partial charge in [-0.15, -0.1) is 0 Å². The number of rotatable bonds is 12. The third-order valence-corrected chi connectivity index (χ3v) is 18.7. The van der Waals surface area contributed by atoms with E-state index in [0.717, 1.165) is 5.57 Å². The number of hydrogen-bond acceptors (Lipinski definition) is 18. The standard InChI is InChI=1S/C48H82O18/c1-21(2)11-10-14-48(9,66-42-38(60)35(57)32(54)26(19-49)63-42)23-12-16-46(7)30(23)24(51)17-28-45(6)15-13-29(52)44(4,5)40(45)25(18-47(28,46)8)62-43-39(36(58)33(55)27(20-50)64-43)65-41-37(59)34(56)31(53)22(3)61-41/h11,22-43,49-60H,10,12-20H2,1-9H3/t22-,23-,24-,25-,26+,27-,28-,29+,30+,31+,32+,33-,34+,35-,36+,37+,38+,39+,40+,41+,42-,43-,45+,46-,47+,48+/m1/s1. The summed E-state index contributed by atoms with van der Waals surface area (Å²) in [5.74, 6) is -1.12. The second-order valence-electron chi connectivity index (χ2n) is 23.0. The summed E-state index contributed by atoms with van der Waals surface area (Å²) in [4.78, 5) is 0. The monoisotopic (exact) mass is 947 g/mol. The summed E-state index contributed by atoms with van der Waals surface area (Å²) < 4.78 is 38.1. The number of allylic oxidation sites excluding steroid dienone is 2. The number of aliphatic hydroxyl groups is 12. The molecule has 12 N–H and O–H groups in total. The highest BCUT2D eigenvalue weighted by Gasteiger charge is 2.74. The highest BCUT2D eigenvalue weighted by Crippen LogP contribution is 2.76. The fraction of sp³-hybridized carbons (Fsp3) is 0.958. The Bertz CT molecular complexity index is 1700. The van der Waals surface area contributed by atoms with Gasteiger partial charge in [-0.3, -0.25) is 0 Å². The van der Waals surface area contributed by atoms with Gasteiger partial charge in [0.2, 0.25) is 0 Å². The van der Waals surface area contributed by atoms with Gasteiger partial charge < -0.3 is 89.7 Å². The van der Waals surface area contributed by atoms with E-state index in [1.807, 2.05) is 34.6 Å². The van der Waals surface area contributed by atoms with Gasteiger partial charge in [0.1, 0.15) is 67.1 Å². The smallest absolute Gasteiger partial charge is 0.187 e. The number of ether oxygens (including phenoxy) is 6. The van der Waals surface area contributed by atoms with Crippen molar-refractivity contribution in [2.45, 2.75) is 230 Å². The lowest BCUT2D eigenvalue weighted by Gasteiger charge is -2.72. The minimum atomic E-state index is -1.75. The fourth-order valence-corrected chi connectivity index (χ4v) is 14.9. The van der Waals surface area contributed by atoms with E-state index >= 15 is 0 Å². The van der Waals surface area contributed by atoms with Gasteiger partial charge in [-0.1, -0.05) is 46.3 Å². The summed E-state index contributed by atoms with van der Waals surface area (Å²) in [6, 6.07) is 0. The van der Waals surface area contributed by atoms with Gasteiger partial charge in [-0.05, 0) is 124 Å². The first-order valence-corrected chi connectivity index (χ1v) is 24.3. The van der Waals surface area contributed by atoms with E-state index in [1.165, 1.54) is 6.92 Å². The molecule has 4 aliphatic carbocycles. The fourth-order valence-electron chi connectivity index (χ4n) is 14.9. The summed E-state index contributed by atoms with van der Waals surface area (Å²) in [5.41, 5.74) is -2.43. The molecule has 66 heavy (non-hydrogen) atoms. The third kappa shape index (κ3) is 8.69. The van der Waals surface area contributed by atoms with E-state index in [9.17, 15) is 61.3 Å². The minimum absolute atomic E-state index is 0.0861. The molecule has 0 unspecified atom stereocenters. The van der Waals surface area contributed by atoms with Gasteiger partial charge in [0, 0.05) is 0 Å². The molecule has 26 atom stereocenters. The molecule has 3 aliphatic heterocycles. The Kier molecular flexibility index (Phi) is 15.4. The summed E-state index contributed by atoms with van der Waals surface area (Å²) in [5, 5.41) is 132. The molecule has 3 heterocycles. The Hall–Kier alpha value is -0.980. The van der Waals surface area contributed by atoms with E-state index in [0.29, 0.717) is 51.4 Å². The summed E-state index contributed by atoms with van der Waals surface area (Å²) in [6.45, 7) is 16.8. The molecule has 0 aromatic heterocycles. The predicted octanol–water partition coefficient (Wildman–Crippen LogP) is -0.0284. The van der Waals surface area contributed by atoms with Crippen molar-refractivity contribution in [3.8, 4) is 0 Å². The van der Waals surface area contributed by atoms with Crippen LogP contribution in [0.4, 0.5) is 0 Å². The zero-order valence-corrected chi connectivity index (χ0v) is 40.2. The van der Waals surface area contributed by atoms with Crippen LogP contribution >= 0.6 is 0 Å². The molecular weight excluding hydrogens is 865 g/mol. The predicted molar refractivity (Wildman–Crippen MR) is 234 cm³/mol. The summed E-state index contributed by atoms with van der Waals surface area (Å²) in [6.07, 6.45) is -18.3. The molecule has 382 valence electrons. The van der Waals surface area contributed by atoms with Crippen molar-refractivity contribution >= 4 is 0 Å². The van der Waals surface area contributed by atoms with Crippen LogP contribution < -0.4 is 0 Å². The van der Waals surface area contributed by atoms with E-state index in [2.05, 4.69) is 26.8 Å². The highest BCUT2D eigenvalue weighted by molar-refractivity contribution is 5.22. The molecule has 18 heteroatoms. The molecule has 0 radical (unpaired) electrons. The van der Waals surface area contributed by atoms with E-state index in [4.69, 9.17) is 28.4 Å². The molecule has 0 spiro atoms. The second kappa shape index (κ2) is 19.2. The Morgan fingerprint density at radius 3 is 1.89 bits per heavy atom. The van der Waals surface area contributed by atoms with Crippen molar-refractivity contribution < 1.29 is 89.7 Å². The van der Waals surface area contributed by atoms with Crippen molar-refractivity contribution in [1.82, 2.24) is 0 Å².